The molecule has 0 aliphatic rings. The lowest BCUT2D eigenvalue weighted by molar-refractivity contribution is -0.299. The van der Waals surface area contributed by atoms with Crippen LogP contribution in [0.15, 0.2) is 34.7 Å². The average Bonchev–Trinajstić information content (AvgIpc) is 2.91. The third-order valence-corrected chi connectivity index (χ3v) is 3.49. The molecule has 1 aromatic carbocycles. The normalized spacial score (nSPS) is 11.0. The molecule has 2 N–H and O–H groups in total. The third-order valence-electron chi connectivity index (χ3n) is 3.49. The van der Waals surface area contributed by atoms with Gasteiger partial charge in [-0.25, -0.2) is 0 Å². The van der Waals surface area contributed by atoms with Gasteiger partial charge in [-0.3, -0.25) is 9.59 Å². The molecule has 0 spiro atoms. The summed E-state index contributed by atoms with van der Waals surface area (Å²) in [5, 5.41) is 15.3. The van der Waals surface area contributed by atoms with Crippen molar-refractivity contribution < 1.29 is 23.9 Å². The van der Waals surface area contributed by atoms with Gasteiger partial charge >= 0.3 is 0 Å². The van der Waals surface area contributed by atoms with Gasteiger partial charge in [0.25, 0.3) is 11.8 Å². The zero-order valence-corrected chi connectivity index (χ0v) is 14.4. The van der Waals surface area contributed by atoms with E-state index in [1.54, 1.807) is 25.1 Å². The molecule has 0 radical (unpaired) electrons. The van der Waals surface area contributed by atoms with Crippen LogP contribution in [0.3, 0.4) is 0 Å². The first-order valence-corrected chi connectivity index (χ1v) is 7.62. The number of amides is 2. The third kappa shape index (κ3) is 4.47. The summed E-state index contributed by atoms with van der Waals surface area (Å²) in [6.07, 6.45) is 0. The number of anilines is 2. The maximum absolute atomic E-state index is 12.4. The molecule has 0 aliphatic heterocycles. The number of nitrogens with one attached hydrogen (secondary N) is 2. The molecule has 0 unspecified atom stereocenters. The smallest absolute Gasteiger partial charge is 0.271 e. The lowest BCUT2D eigenvalue weighted by Gasteiger charge is -2.13. The summed E-state index contributed by atoms with van der Waals surface area (Å²) in [5.74, 6) is -2.12. The molecule has 7 nitrogen and oxygen atoms in total. The van der Waals surface area contributed by atoms with Gasteiger partial charge in [-0.15, -0.1) is 0 Å². The van der Waals surface area contributed by atoms with Crippen LogP contribution in [0, 0.1) is 6.92 Å². The minimum absolute atomic E-state index is 0.206. The lowest BCUT2D eigenvalue weighted by Crippen LogP contribution is -2.36. The quantitative estimate of drug-likeness (QED) is 0.826. The number of benzene rings is 1. The molecule has 132 valence electrons. The second kappa shape index (κ2) is 6.80. The van der Waals surface area contributed by atoms with E-state index in [9.17, 15) is 19.5 Å². The van der Waals surface area contributed by atoms with Gasteiger partial charge in [0, 0.05) is 16.8 Å². The number of furan rings is 1. The summed E-state index contributed by atoms with van der Waals surface area (Å²) in [4.78, 5) is 33.8. The van der Waals surface area contributed by atoms with Crippen LogP contribution in [0.2, 0.25) is 0 Å². The summed E-state index contributed by atoms with van der Waals surface area (Å²) in [6, 6.07) is 7.75. The van der Waals surface area contributed by atoms with Gasteiger partial charge in [-0.1, -0.05) is 20.8 Å². The zero-order valence-electron chi connectivity index (χ0n) is 14.4. The molecule has 0 saturated carbocycles. The van der Waals surface area contributed by atoms with Crippen LogP contribution in [0.5, 0.6) is 0 Å². The number of rotatable bonds is 3. The Balaban J connectivity index is 2.10. The van der Waals surface area contributed by atoms with Crippen LogP contribution in [0.4, 0.5) is 11.4 Å². The largest absolute Gasteiger partial charge is 0.540 e. The number of carbonyl (C=O) groups excluding carboxylic acids is 3. The van der Waals surface area contributed by atoms with Gasteiger partial charge in [-0.05, 0) is 37.3 Å². The monoisotopic (exact) mass is 343 g/mol. The van der Waals surface area contributed by atoms with Crippen LogP contribution < -0.4 is 15.7 Å². The van der Waals surface area contributed by atoms with Gasteiger partial charge < -0.3 is 25.0 Å². The van der Waals surface area contributed by atoms with Crippen LogP contribution in [0.1, 0.15) is 42.6 Å². The molecule has 0 aliphatic carbocycles. The standard InChI is InChI=1S/C18H20N2O5/c1-10-13(9-14(25-10)18(2,3)4)15(21)19-11-5-7-12(8-6-11)20-16(22)17(23)24/h5-9H,1-4H3,(H,19,21)(H,20,22)(H,23,24)/p-1. The van der Waals surface area contributed by atoms with Crippen LogP contribution in [0.25, 0.3) is 0 Å². The second-order valence-corrected chi connectivity index (χ2v) is 6.60. The molecular weight excluding hydrogens is 324 g/mol. The molecule has 0 fully saturated rings. The Morgan fingerprint density at radius 2 is 1.52 bits per heavy atom. The first-order valence-electron chi connectivity index (χ1n) is 7.62. The van der Waals surface area contributed by atoms with Gasteiger partial charge in [-0.2, -0.15) is 0 Å². The van der Waals surface area contributed by atoms with E-state index >= 15 is 0 Å². The number of carbonyl (C=O) groups is 3. The van der Waals surface area contributed by atoms with E-state index in [-0.39, 0.29) is 17.0 Å². The lowest BCUT2D eigenvalue weighted by atomic mass is 9.93. The Hall–Kier alpha value is -3.09. The summed E-state index contributed by atoms with van der Waals surface area (Å²) in [7, 11) is 0. The average molecular weight is 343 g/mol. The molecule has 7 heteroatoms. The highest BCUT2D eigenvalue weighted by Crippen LogP contribution is 2.27. The molecule has 0 saturated heterocycles. The van der Waals surface area contributed by atoms with E-state index in [1.807, 2.05) is 20.8 Å². The van der Waals surface area contributed by atoms with E-state index in [0.29, 0.717) is 17.0 Å². The zero-order chi connectivity index (χ0) is 18.8. The van der Waals surface area contributed by atoms with Crippen molar-refractivity contribution in [2.24, 2.45) is 0 Å². The molecule has 25 heavy (non-hydrogen) atoms. The van der Waals surface area contributed by atoms with Gasteiger partial charge in [0.2, 0.25) is 0 Å². The molecule has 2 rings (SSSR count). The highest BCUT2D eigenvalue weighted by molar-refractivity contribution is 6.35. The van der Waals surface area contributed by atoms with E-state index in [1.165, 1.54) is 12.1 Å². The summed E-state index contributed by atoms with van der Waals surface area (Å²) in [5.41, 5.74) is 1.01. The number of aryl methyl sites for hydroxylation is 1. The van der Waals surface area contributed by atoms with E-state index < -0.39 is 11.9 Å². The van der Waals surface area contributed by atoms with Crippen molar-refractivity contribution in [2.45, 2.75) is 33.1 Å². The maximum Gasteiger partial charge on any atom is 0.271 e. The summed E-state index contributed by atoms with van der Waals surface area (Å²) >= 11 is 0. The molecule has 1 heterocycles. The Bertz CT molecular complexity index is 813. The molecule has 2 aromatic rings. The number of aliphatic carboxylic acids is 1. The maximum atomic E-state index is 12.4. The van der Waals surface area contributed by atoms with Crippen molar-refractivity contribution in [1.82, 2.24) is 0 Å². The van der Waals surface area contributed by atoms with Crippen molar-refractivity contribution in [3.63, 3.8) is 0 Å². The van der Waals surface area contributed by atoms with Crippen LogP contribution in [-0.2, 0) is 15.0 Å². The molecular formula is C18H19N2O5-. The van der Waals surface area contributed by atoms with Gasteiger partial charge in [0.15, 0.2) is 0 Å². The topological polar surface area (TPSA) is 111 Å². The number of hydrogen-bond donors (Lipinski definition) is 2. The molecule has 2 amide bonds. The van der Waals surface area contributed by atoms with E-state index in [2.05, 4.69) is 10.6 Å². The predicted octanol–water partition coefficient (Wildman–Crippen LogP) is 1.83. The highest BCUT2D eigenvalue weighted by Gasteiger charge is 2.23. The Morgan fingerprint density at radius 1 is 1.00 bits per heavy atom. The van der Waals surface area contributed by atoms with Crippen LogP contribution >= 0.6 is 0 Å². The fraction of sp³-hybridized carbons (Fsp3) is 0.278. The van der Waals surface area contributed by atoms with Gasteiger partial charge in [0.1, 0.15) is 17.5 Å². The Labute approximate surface area is 145 Å². The van der Waals surface area contributed by atoms with Crippen LogP contribution in [-0.4, -0.2) is 17.8 Å². The SMILES string of the molecule is Cc1oc(C(C)(C)C)cc1C(=O)Nc1ccc(NC(=O)C(=O)[O-])cc1. The first-order chi connectivity index (χ1) is 11.6. The van der Waals surface area contributed by atoms with Crippen molar-refractivity contribution in [3.8, 4) is 0 Å². The summed E-state index contributed by atoms with van der Waals surface area (Å²) in [6.45, 7) is 7.70. The fourth-order valence-corrected chi connectivity index (χ4v) is 2.09. The number of hydrogen-bond acceptors (Lipinski definition) is 5. The first kappa shape index (κ1) is 18.3. The van der Waals surface area contributed by atoms with Gasteiger partial charge in [0.05, 0.1) is 5.56 Å². The van der Waals surface area contributed by atoms with E-state index in [0.717, 1.165) is 5.76 Å². The van der Waals surface area contributed by atoms with Crippen molar-refractivity contribution >= 4 is 29.2 Å². The summed E-state index contributed by atoms with van der Waals surface area (Å²) < 4.78 is 5.65. The molecule has 1 aromatic heterocycles. The fourth-order valence-electron chi connectivity index (χ4n) is 2.09. The number of carboxylic acid groups (broad SMARTS) is 1. The minimum Gasteiger partial charge on any atom is -0.540 e. The van der Waals surface area contributed by atoms with Crippen molar-refractivity contribution in [3.05, 3.63) is 47.4 Å². The van der Waals surface area contributed by atoms with E-state index in [4.69, 9.17) is 4.42 Å². The molecule has 0 bridgehead atoms. The number of carboxylic acids is 1. The molecule has 0 atom stereocenters. The van der Waals surface area contributed by atoms with Crippen molar-refractivity contribution in [2.75, 3.05) is 10.6 Å². The second-order valence-electron chi connectivity index (χ2n) is 6.60. The Morgan fingerprint density at radius 3 is 1.96 bits per heavy atom. The minimum atomic E-state index is -1.82. The highest BCUT2D eigenvalue weighted by atomic mass is 16.4. The predicted molar refractivity (Wildman–Crippen MR) is 90.2 cm³/mol. The van der Waals surface area contributed by atoms with Crippen molar-refractivity contribution in [1.29, 1.82) is 0 Å². The Kier molecular flexibility index (Phi) is 4.97.